The number of fused-ring (bicyclic) bond motifs is 1. The zero-order chi connectivity index (χ0) is 25.8. The first-order valence-corrected chi connectivity index (χ1v) is 12.1. The van der Waals surface area contributed by atoms with E-state index in [-0.39, 0.29) is 17.3 Å². The number of nitrogens with two attached hydrogens (primary N) is 1. The molecule has 0 bridgehead atoms. The molecule has 6 nitrogen and oxygen atoms in total. The van der Waals surface area contributed by atoms with Crippen molar-refractivity contribution in [2.75, 3.05) is 18.9 Å². The number of nitrogens with one attached hydrogen (secondary N) is 1. The maximum atomic E-state index is 14.3. The van der Waals surface area contributed by atoms with Gasteiger partial charge in [-0.1, -0.05) is 32.0 Å². The summed E-state index contributed by atoms with van der Waals surface area (Å²) in [6.45, 7) is 5.25. The highest BCUT2D eigenvalue weighted by atomic mass is 19.1. The third-order valence-corrected chi connectivity index (χ3v) is 6.46. The number of aromatic carboxylic acids is 1. The van der Waals surface area contributed by atoms with Gasteiger partial charge in [0, 0.05) is 58.9 Å². The van der Waals surface area contributed by atoms with Gasteiger partial charge in [0.25, 0.3) is 0 Å². The number of nitrogens with zero attached hydrogens (tertiary/aromatic N) is 1. The van der Waals surface area contributed by atoms with Crippen molar-refractivity contribution < 1.29 is 19.0 Å². The Morgan fingerprint density at radius 3 is 2.42 bits per heavy atom. The van der Waals surface area contributed by atoms with E-state index in [2.05, 4.69) is 4.57 Å². The molecule has 0 amide bonds. The minimum Gasteiger partial charge on any atom is -0.478 e. The van der Waals surface area contributed by atoms with Crippen LogP contribution in [0.1, 0.15) is 54.2 Å². The number of aromatic nitrogens is 1. The summed E-state index contributed by atoms with van der Waals surface area (Å²) in [5.74, 6) is -1.19. The highest BCUT2D eigenvalue weighted by Crippen LogP contribution is 2.44. The Kier molecular flexibility index (Phi) is 7.50. The van der Waals surface area contributed by atoms with Gasteiger partial charge in [-0.15, -0.1) is 0 Å². The molecule has 1 aromatic heterocycles. The molecule has 2 heterocycles. The molecule has 36 heavy (non-hydrogen) atoms. The molecular formula is C29H30FN3O3. The molecule has 0 atom stereocenters. The van der Waals surface area contributed by atoms with Crippen LogP contribution in [0.2, 0.25) is 0 Å². The first-order valence-electron chi connectivity index (χ1n) is 12.1. The molecule has 0 spiro atoms. The second-order valence-electron chi connectivity index (χ2n) is 8.49. The number of hydrogen-bond acceptors (Lipinski definition) is 4. The van der Waals surface area contributed by atoms with Crippen molar-refractivity contribution in [1.29, 1.82) is 5.41 Å². The summed E-state index contributed by atoms with van der Waals surface area (Å²) in [5, 5.41) is 18.0. The zero-order valence-corrected chi connectivity index (χ0v) is 20.4. The van der Waals surface area contributed by atoms with E-state index in [1.165, 1.54) is 18.3 Å². The van der Waals surface area contributed by atoms with Gasteiger partial charge in [0.1, 0.15) is 5.82 Å². The van der Waals surface area contributed by atoms with Crippen LogP contribution in [0.3, 0.4) is 0 Å². The second kappa shape index (κ2) is 10.7. The van der Waals surface area contributed by atoms with Crippen molar-refractivity contribution in [2.24, 2.45) is 0 Å². The lowest BCUT2D eigenvalue weighted by atomic mass is 9.89. The number of anilines is 1. The maximum absolute atomic E-state index is 14.3. The molecule has 1 saturated heterocycles. The zero-order valence-electron chi connectivity index (χ0n) is 20.4. The summed E-state index contributed by atoms with van der Waals surface area (Å²) >= 11 is 0. The van der Waals surface area contributed by atoms with Gasteiger partial charge in [-0.25, -0.2) is 9.18 Å². The van der Waals surface area contributed by atoms with Gasteiger partial charge in [-0.3, -0.25) is 0 Å². The standard InChI is InChI=1S/C27H24FN3O3.C2H6/c28-20-2-1-3-21(13-20)31-24-12-19(15-29)23(30)14-22(24)25(26(31)17-8-10-34-11-9-17)16-4-6-18(7-5-16)27(32)33;1-2/h1-7,12-15,17,29H,8-11,30H2,(H,32,33);1-2H3. The van der Waals surface area contributed by atoms with Crippen LogP contribution in [0.4, 0.5) is 10.1 Å². The van der Waals surface area contributed by atoms with Gasteiger partial charge in [-0.2, -0.15) is 0 Å². The molecule has 1 fully saturated rings. The van der Waals surface area contributed by atoms with Gasteiger partial charge >= 0.3 is 5.97 Å². The van der Waals surface area contributed by atoms with Gasteiger partial charge in [0.15, 0.2) is 0 Å². The number of rotatable bonds is 5. The lowest BCUT2D eigenvalue weighted by Gasteiger charge is -2.26. The van der Waals surface area contributed by atoms with Crippen molar-refractivity contribution in [1.82, 2.24) is 4.57 Å². The first-order chi connectivity index (χ1) is 17.5. The Bertz CT molecular complexity index is 1400. The van der Waals surface area contributed by atoms with E-state index in [4.69, 9.17) is 15.9 Å². The number of ether oxygens (including phenoxy) is 1. The number of carbonyl (C=O) groups is 1. The van der Waals surface area contributed by atoms with E-state index in [0.717, 1.165) is 40.6 Å². The average molecular weight is 488 g/mol. The molecule has 4 aromatic rings. The van der Waals surface area contributed by atoms with Crippen LogP contribution in [0.25, 0.3) is 27.7 Å². The van der Waals surface area contributed by atoms with E-state index in [1.807, 2.05) is 32.0 Å². The molecule has 186 valence electrons. The van der Waals surface area contributed by atoms with Crippen LogP contribution < -0.4 is 5.73 Å². The summed E-state index contributed by atoms with van der Waals surface area (Å²) < 4.78 is 22.0. The topological polar surface area (TPSA) is 101 Å². The van der Waals surface area contributed by atoms with Crippen molar-refractivity contribution in [3.63, 3.8) is 0 Å². The van der Waals surface area contributed by atoms with Crippen LogP contribution in [0.15, 0.2) is 60.7 Å². The minimum absolute atomic E-state index is 0.142. The maximum Gasteiger partial charge on any atom is 0.335 e. The monoisotopic (exact) mass is 487 g/mol. The van der Waals surface area contributed by atoms with Crippen molar-refractivity contribution in [2.45, 2.75) is 32.6 Å². The quantitative estimate of drug-likeness (QED) is 0.217. The molecule has 7 heteroatoms. The van der Waals surface area contributed by atoms with Crippen molar-refractivity contribution in [3.8, 4) is 16.8 Å². The molecular weight excluding hydrogens is 457 g/mol. The van der Waals surface area contributed by atoms with Crippen LogP contribution >= 0.6 is 0 Å². The third kappa shape index (κ3) is 4.62. The van der Waals surface area contributed by atoms with E-state index < -0.39 is 5.97 Å². The Balaban J connectivity index is 0.00000148. The van der Waals surface area contributed by atoms with E-state index in [9.17, 15) is 14.3 Å². The molecule has 3 aromatic carbocycles. The normalized spacial score (nSPS) is 13.8. The van der Waals surface area contributed by atoms with Crippen LogP contribution in [-0.2, 0) is 4.74 Å². The van der Waals surface area contributed by atoms with Gasteiger partial charge < -0.3 is 25.6 Å². The molecule has 5 rings (SSSR count). The Morgan fingerprint density at radius 2 is 1.81 bits per heavy atom. The van der Waals surface area contributed by atoms with Crippen LogP contribution in [0, 0.1) is 11.2 Å². The Morgan fingerprint density at radius 1 is 1.11 bits per heavy atom. The first kappa shape index (κ1) is 25.1. The predicted octanol–water partition coefficient (Wildman–Crippen LogP) is 6.63. The second-order valence-corrected chi connectivity index (χ2v) is 8.49. The summed E-state index contributed by atoms with van der Waals surface area (Å²) in [6.07, 6.45) is 2.82. The van der Waals surface area contributed by atoms with Crippen LogP contribution in [0.5, 0.6) is 0 Å². The fourth-order valence-electron chi connectivity index (χ4n) is 4.84. The highest BCUT2D eigenvalue weighted by molar-refractivity contribution is 6.05. The fraction of sp³-hybridized carbons (Fsp3) is 0.241. The average Bonchev–Trinajstić information content (AvgIpc) is 3.23. The summed E-state index contributed by atoms with van der Waals surface area (Å²) in [6, 6.07) is 17.0. The number of nitrogen functional groups attached to an aromatic ring is 1. The largest absolute Gasteiger partial charge is 0.478 e. The number of hydrogen-bond donors (Lipinski definition) is 3. The molecule has 0 unspecified atom stereocenters. The molecule has 0 saturated carbocycles. The summed E-state index contributed by atoms with van der Waals surface area (Å²) in [4.78, 5) is 11.4. The number of benzene rings is 3. The van der Waals surface area contributed by atoms with Crippen molar-refractivity contribution >= 4 is 28.8 Å². The highest BCUT2D eigenvalue weighted by Gasteiger charge is 2.28. The van der Waals surface area contributed by atoms with Crippen LogP contribution in [-0.4, -0.2) is 35.1 Å². The SMILES string of the molecule is CC.N=Cc1cc2c(cc1N)c(-c1ccc(C(=O)O)cc1)c(C1CCOCC1)n2-c1cccc(F)c1. The summed E-state index contributed by atoms with van der Waals surface area (Å²) in [5.41, 5.74) is 11.8. The van der Waals surface area contributed by atoms with Crippen molar-refractivity contribution in [3.05, 3.63) is 83.3 Å². The number of carboxylic acids is 1. The molecule has 0 radical (unpaired) electrons. The van der Waals surface area contributed by atoms with Gasteiger partial charge in [0.05, 0.1) is 11.1 Å². The minimum atomic E-state index is -0.988. The Labute approximate surface area is 209 Å². The lowest BCUT2D eigenvalue weighted by molar-refractivity contribution is 0.0697. The third-order valence-electron chi connectivity index (χ3n) is 6.46. The molecule has 1 aliphatic rings. The number of halogens is 1. The molecule has 1 aliphatic heterocycles. The smallest absolute Gasteiger partial charge is 0.335 e. The number of carboxylic acid groups (broad SMARTS) is 1. The van der Waals surface area contributed by atoms with Gasteiger partial charge in [-0.05, 0) is 60.9 Å². The van der Waals surface area contributed by atoms with E-state index in [1.54, 1.807) is 30.3 Å². The molecule has 0 aliphatic carbocycles. The van der Waals surface area contributed by atoms with Gasteiger partial charge in [0.2, 0.25) is 0 Å². The lowest BCUT2D eigenvalue weighted by Crippen LogP contribution is -2.17. The van der Waals surface area contributed by atoms with E-state index >= 15 is 0 Å². The predicted molar refractivity (Wildman–Crippen MR) is 142 cm³/mol. The Hall–Kier alpha value is -3.97. The molecule has 4 N–H and O–H groups in total. The fourth-order valence-corrected chi connectivity index (χ4v) is 4.84. The summed E-state index contributed by atoms with van der Waals surface area (Å²) in [7, 11) is 0. The van der Waals surface area contributed by atoms with E-state index in [0.29, 0.717) is 30.2 Å².